The van der Waals surface area contributed by atoms with Crippen LogP contribution in [0.5, 0.6) is 0 Å². The van der Waals surface area contributed by atoms with Gasteiger partial charge >= 0.3 is 0 Å². The molecule has 0 aliphatic heterocycles. The Hall–Kier alpha value is -0.890. The normalized spacial score (nSPS) is 11.6. The molecule has 0 saturated heterocycles. The Bertz CT molecular complexity index is 496. The standard InChI is InChI=1S/C7H9ClN2O4S/c1-2-14-10-15(12,13)5-3-6(8)7(11)9-4-5/h3-4,10H,2H2,1H3,(H,9,11). The molecule has 0 unspecified atom stereocenters. The number of rotatable bonds is 4. The maximum Gasteiger partial charge on any atom is 0.266 e. The number of hydrogen-bond donors (Lipinski definition) is 2. The smallest absolute Gasteiger partial charge is 0.266 e. The average molecular weight is 253 g/mol. The molecule has 1 aromatic rings. The minimum atomic E-state index is -3.79. The summed E-state index contributed by atoms with van der Waals surface area (Å²) in [6.07, 6.45) is 1.04. The van der Waals surface area contributed by atoms with Gasteiger partial charge in [0.2, 0.25) is 0 Å². The first-order chi connectivity index (χ1) is 6.97. The molecule has 0 spiro atoms. The predicted molar refractivity (Wildman–Crippen MR) is 54.0 cm³/mol. The Morgan fingerprint density at radius 1 is 1.60 bits per heavy atom. The molecule has 0 saturated carbocycles. The molecule has 8 heteroatoms. The molecule has 0 fully saturated rings. The van der Waals surface area contributed by atoms with Gasteiger partial charge in [-0.25, -0.2) is 8.42 Å². The molecular weight excluding hydrogens is 244 g/mol. The molecule has 0 atom stereocenters. The van der Waals surface area contributed by atoms with E-state index in [1.807, 2.05) is 4.89 Å². The Labute approximate surface area is 91.2 Å². The third-order valence-electron chi connectivity index (χ3n) is 1.45. The van der Waals surface area contributed by atoms with Crippen molar-refractivity contribution in [2.75, 3.05) is 6.61 Å². The molecule has 0 aliphatic carbocycles. The molecule has 1 aromatic heterocycles. The lowest BCUT2D eigenvalue weighted by Crippen LogP contribution is -2.25. The number of halogens is 1. The monoisotopic (exact) mass is 252 g/mol. The molecule has 0 aliphatic rings. The van der Waals surface area contributed by atoms with Gasteiger partial charge in [-0.2, -0.15) is 0 Å². The van der Waals surface area contributed by atoms with Gasteiger partial charge in [0.15, 0.2) is 0 Å². The molecule has 6 nitrogen and oxygen atoms in total. The molecule has 15 heavy (non-hydrogen) atoms. The van der Waals surface area contributed by atoms with Crippen LogP contribution in [0.4, 0.5) is 0 Å². The third-order valence-corrected chi connectivity index (χ3v) is 2.93. The fraction of sp³-hybridized carbons (Fsp3) is 0.286. The van der Waals surface area contributed by atoms with E-state index < -0.39 is 15.6 Å². The molecule has 1 heterocycles. The zero-order valence-corrected chi connectivity index (χ0v) is 9.35. The van der Waals surface area contributed by atoms with E-state index in [1.165, 1.54) is 0 Å². The van der Waals surface area contributed by atoms with Crippen molar-refractivity contribution in [3.05, 3.63) is 27.6 Å². The Morgan fingerprint density at radius 2 is 2.27 bits per heavy atom. The van der Waals surface area contributed by atoms with Gasteiger partial charge in [-0.05, 0) is 13.0 Å². The summed E-state index contributed by atoms with van der Waals surface area (Å²) in [7, 11) is -3.79. The summed E-state index contributed by atoms with van der Waals surface area (Å²) >= 11 is 5.48. The highest BCUT2D eigenvalue weighted by atomic mass is 35.5. The van der Waals surface area contributed by atoms with Crippen LogP contribution in [0, 0.1) is 0 Å². The second kappa shape index (κ2) is 4.75. The van der Waals surface area contributed by atoms with Gasteiger partial charge in [-0.15, -0.1) is 0 Å². The van der Waals surface area contributed by atoms with E-state index >= 15 is 0 Å². The number of sulfonamides is 1. The summed E-state index contributed by atoms with van der Waals surface area (Å²) in [6.45, 7) is 1.82. The zero-order chi connectivity index (χ0) is 11.5. The van der Waals surface area contributed by atoms with E-state index in [0.717, 1.165) is 12.3 Å². The SMILES string of the molecule is CCONS(=O)(=O)c1c[nH]c(=O)c(Cl)c1. The number of nitrogens with one attached hydrogen (secondary N) is 2. The molecule has 0 radical (unpaired) electrons. The van der Waals surface area contributed by atoms with Crippen molar-refractivity contribution in [2.24, 2.45) is 0 Å². The summed E-state index contributed by atoms with van der Waals surface area (Å²) in [4.78, 5) is 19.3. The molecule has 0 bridgehead atoms. The van der Waals surface area contributed by atoms with Crippen LogP contribution < -0.4 is 10.4 Å². The van der Waals surface area contributed by atoms with Gasteiger partial charge in [0.05, 0.1) is 6.61 Å². The molecule has 1 rings (SSSR count). The zero-order valence-electron chi connectivity index (χ0n) is 7.78. The minimum absolute atomic E-state index is 0.166. The van der Waals surface area contributed by atoms with Crippen molar-refractivity contribution >= 4 is 21.6 Å². The minimum Gasteiger partial charge on any atom is -0.326 e. The van der Waals surface area contributed by atoms with Crippen LogP contribution >= 0.6 is 11.6 Å². The Balaban J connectivity index is 3.06. The van der Waals surface area contributed by atoms with Gasteiger partial charge < -0.3 is 4.98 Å². The van der Waals surface area contributed by atoms with Gasteiger partial charge in [0.25, 0.3) is 15.6 Å². The van der Waals surface area contributed by atoms with Crippen molar-refractivity contribution in [2.45, 2.75) is 11.8 Å². The number of aromatic amines is 1. The largest absolute Gasteiger partial charge is 0.326 e. The third kappa shape index (κ3) is 3.03. The molecule has 2 N–H and O–H groups in total. The summed E-state index contributed by atoms with van der Waals surface area (Å²) in [5.74, 6) is 0. The summed E-state index contributed by atoms with van der Waals surface area (Å²) in [5, 5.41) is -0.200. The fourth-order valence-corrected chi connectivity index (χ4v) is 1.87. The highest BCUT2D eigenvalue weighted by Gasteiger charge is 2.15. The van der Waals surface area contributed by atoms with E-state index in [9.17, 15) is 13.2 Å². The van der Waals surface area contributed by atoms with E-state index in [2.05, 4.69) is 9.82 Å². The van der Waals surface area contributed by atoms with Crippen LogP contribution in [0.2, 0.25) is 5.02 Å². The van der Waals surface area contributed by atoms with Gasteiger partial charge in [0.1, 0.15) is 9.92 Å². The lowest BCUT2D eigenvalue weighted by atomic mass is 10.5. The topological polar surface area (TPSA) is 88.3 Å². The lowest BCUT2D eigenvalue weighted by molar-refractivity contribution is 0.105. The predicted octanol–water partition coefficient (Wildman–Crippen LogP) is 0.258. The van der Waals surface area contributed by atoms with Crippen LogP contribution in [-0.2, 0) is 14.9 Å². The summed E-state index contributed by atoms with van der Waals surface area (Å²) in [5.41, 5.74) is -0.549. The molecule has 0 aromatic carbocycles. The molecular formula is C7H9ClN2O4S. The number of aromatic nitrogens is 1. The number of H-pyrrole nitrogens is 1. The maximum absolute atomic E-state index is 11.4. The van der Waals surface area contributed by atoms with Crippen LogP contribution in [0.25, 0.3) is 0 Å². The Morgan fingerprint density at radius 3 is 2.80 bits per heavy atom. The van der Waals surface area contributed by atoms with E-state index in [4.69, 9.17) is 11.6 Å². The fourth-order valence-electron chi connectivity index (χ4n) is 0.777. The van der Waals surface area contributed by atoms with Crippen LogP contribution in [0.3, 0.4) is 0 Å². The molecule has 84 valence electrons. The van der Waals surface area contributed by atoms with Crippen molar-refractivity contribution < 1.29 is 13.3 Å². The number of pyridine rings is 1. The lowest BCUT2D eigenvalue weighted by Gasteiger charge is -2.04. The van der Waals surface area contributed by atoms with Crippen LogP contribution in [-0.4, -0.2) is 20.0 Å². The first kappa shape index (κ1) is 12.2. The first-order valence-corrected chi connectivity index (χ1v) is 5.85. The van der Waals surface area contributed by atoms with Gasteiger partial charge in [0, 0.05) is 6.20 Å². The quantitative estimate of drug-likeness (QED) is 0.753. The highest BCUT2D eigenvalue weighted by molar-refractivity contribution is 7.89. The first-order valence-electron chi connectivity index (χ1n) is 3.99. The highest BCUT2D eigenvalue weighted by Crippen LogP contribution is 2.09. The second-order valence-corrected chi connectivity index (χ2v) is 4.58. The van der Waals surface area contributed by atoms with E-state index in [0.29, 0.717) is 0 Å². The summed E-state index contributed by atoms with van der Waals surface area (Å²) in [6, 6.07) is 1.04. The average Bonchev–Trinajstić information content (AvgIpc) is 2.19. The Kier molecular flexibility index (Phi) is 3.86. The van der Waals surface area contributed by atoms with E-state index in [-0.39, 0.29) is 16.5 Å². The summed E-state index contributed by atoms with van der Waals surface area (Å²) < 4.78 is 22.9. The van der Waals surface area contributed by atoms with Gasteiger partial charge in [-0.1, -0.05) is 16.5 Å². The van der Waals surface area contributed by atoms with E-state index in [1.54, 1.807) is 6.92 Å². The van der Waals surface area contributed by atoms with Gasteiger partial charge in [-0.3, -0.25) is 9.63 Å². The van der Waals surface area contributed by atoms with Crippen LogP contribution in [0.1, 0.15) is 6.92 Å². The van der Waals surface area contributed by atoms with Crippen molar-refractivity contribution in [1.29, 1.82) is 0 Å². The second-order valence-electron chi connectivity index (χ2n) is 2.53. The maximum atomic E-state index is 11.4. The van der Waals surface area contributed by atoms with Crippen molar-refractivity contribution in [3.63, 3.8) is 0 Å². The van der Waals surface area contributed by atoms with Crippen LogP contribution in [0.15, 0.2) is 22.0 Å². The molecule has 0 amide bonds. The van der Waals surface area contributed by atoms with Crippen molar-refractivity contribution in [1.82, 2.24) is 9.87 Å². The number of hydrogen-bond acceptors (Lipinski definition) is 4. The van der Waals surface area contributed by atoms with Crippen molar-refractivity contribution in [3.8, 4) is 0 Å².